The van der Waals surface area contributed by atoms with E-state index in [0.717, 1.165) is 36.1 Å². The van der Waals surface area contributed by atoms with Gasteiger partial charge in [0, 0.05) is 5.56 Å². The lowest BCUT2D eigenvalue weighted by Crippen LogP contribution is -2.39. The molecule has 0 atom stereocenters. The number of halogens is 1. The Balaban J connectivity index is 1.52. The molecule has 6 nitrogen and oxygen atoms in total. The number of nitrogens with zero attached hydrogens (tertiary/aromatic N) is 2. The fourth-order valence-electron chi connectivity index (χ4n) is 3.76. The summed E-state index contributed by atoms with van der Waals surface area (Å²) in [6.07, 6.45) is 4.48. The van der Waals surface area contributed by atoms with Gasteiger partial charge in [-0.2, -0.15) is 5.10 Å². The number of sulfonamides is 1. The van der Waals surface area contributed by atoms with Crippen LogP contribution in [0.1, 0.15) is 16.7 Å². The minimum absolute atomic E-state index is 0.188. The number of aryl methyl sites for hydroxylation is 2. The molecule has 1 amide bonds. The molecular weight excluding hydrogens is 405 g/mol. The Morgan fingerprint density at radius 3 is 2.57 bits per heavy atom. The lowest BCUT2D eigenvalue weighted by Gasteiger charge is -2.21. The Morgan fingerprint density at radius 2 is 1.83 bits per heavy atom. The van der Waals surface area contributed by atoms with Gasteiger partial charge in [0.15, 0.2) is 0 Å². The van der Waals surface area contributed by atoms with Gasteiger partial charge in [-0.25, -0.2) is 18.2 Å². The lowest BCUT2D eigenvalue weighted by molar-refractivity contribution is -0.119. The zero-order valence-corrected chi connectivity index (χ0v) is 17.1. The molecular formula is C22H20FN3O3S. The molecule has 4 rings (SSSR count). The number of benzene rings is 3. The fraction of sp³-hybridized carbons (Fsp3) is 0.182. The maximum atomic E-state index is 14.0. The highest BCUT2D eigenvalue weighted by atomic mass is 32.2. The van der Waals surface area contributed by atoms with Crippen molar-refractivity contribution < 1.29 is 17.6 Å². The first-order valence-corrected chi connectivity index (χ1v) is 11.3. The van der Waals surface area contributed by atoms with Crippen LogP contribution in [0.25, 0.3) is 10.8 Å². The molecule has 3 aromatic rings. The number of nitrogens with one attached hydrogen (secondary N) is 1. The summed E-state index contributed by atoms with van der Waals surface area (Å²) >= 11 is 0. The number of rotatable bonds is 6. The van der Waals surface area contributed by atoms with Gasteiger partial charge < -0.3 is 0 Å². The number of hydrogen-bond acceptors (Lipinski definition) is 4. The van der Waals surface area contributed by atoms with Crippen molar-refractivity contribution in [1.29, 1.82) is 0 Å². The van der Waals surface area contributed by atoms with Crippen molar-refractivity contribution in [1.82, 2.24) is 5.43 Å². The molecule has 0 heterocycles. The number of hydrogen-bond donors (Lipinski definition) is 1. The first kappa shape index (κ1) is 20.0. The first-order chi connectivity index (χ1) is 14.3. The zero-order chi connectivity index (χ0) is 21.3. The van der Waals surface area contributed by atoms with Gasteiger partial charge in [0.1, 0.15) is 12.4 Å². The van der Waals surface area contributed by atoms with Crippen LogP contribution >= 0.6 is 0 Å². The minimum atomic E-state index is -3.86. The predicted molar refractivity (Wildman–Crippen MR) is 116 cm³/mol. The Labute approximate surface area is 174 Å². The van der Waals surface area contributed by atoms with Crippen molar-refractivity contribution in [3.05, 3.63) is 77.1 Å². The molecule has 0 unspecified atom stereocenters. The van der Waals surface area contributed by atoms with E-state index in [2.05, 4.69) is 22.7 Å². The van der Waals surface area contributed by atoms with Crippen molar-refractivity contribution in [2.24, 2.45) is 5.10 Å². The van der Waals surface area contributed by atoms with Gasteiger partial charge in [-0.15, -0.1) is 0 Å². The van der Waals surface area contributed by atoms with Crippen molar-refractivity contribution >= 4 is 38.6 Å². The first-order valence-electron chi connectivity index (χ1n) is 9.42. The SMILES string of the molecule is CS(=O)(=O)N(CC(=O)N/N=C\c1ccc2c3c(cccc13)CC2)c1ccccc1F. The van der Waals surface area contributed by atoms with Crippen LogP contribution in [0.4, 0.5) is 10.1 Å². The third-order valence-corrected chi connectivity index (χ3v) is 6.24. The number of para-hydroxylation sites is 1. The van der Waals surface area contributed by atoms with Crippen molar-refractivity contribution in [2.45, 2.75) is 12.8 Å². The van der Waals surface area contributed by atoms with Crippen LogP contribution in [0.15, 0.2) is 59.7 Å². The van der Waals surface area contributed by atoms with Gasteiger partial charge in [0.25, 0.3) is 5.91 Å². The molecule has 0 bridgehead atoms. The standard InChI is InChI=1S/C22H20FN3O3S/c1-30(28,29)26(20-8-3-2-7-19(20)23)14-21(27)25-24-13-17-12-11-16-10-9-15-5-4-6-18(17)22(15)16/h2-8,11-13H,9-10,14H2,1H3,(H,25,27)/b24-13-. The molecule has 30 heavy (non-hydrogen) atoms. The average molecular weight is 425 g/mol. The number of carbonyl (C=O) groups excluding carboxylic acids is 1. The third-order valence-electron chi connectivity index (χ3n) is 5.11. The smallest absolute Gasteiger partial charge is 0.260 e. The maximum absolute atomic E-state index is 14.0. The van der Waals surface area contributed by atoms with E-state index in [1.807, 2.05) is 18.2 Å². The summed E-state index contributed by atoms with van der Waals surface area (Å²) in [5, 5.41) is 6.27. The predicted octanol–water partition coefficient (Wildman–Crippen LogP) is 2.99. The lowest BCUT2D eigenvalue weighted by atomic mass is 10.0. The van der Waals surface area contributed by atoms with Crippen LogP contribution in [0.3, 0.4) is 0 Å². The highest BCUT2D eigenvalue weighted by molar-refractivity contribution is 7.92. The van der Waals surface area contributed by atoms with E-state index < -0.39 is 28.3 Å². The summed E-state index contributed by atoms with van der Waals surface area (Å²) in [5.74, 6) is -1.40. The van der Waals surface area contributed by atoms with E-state index in [4.69, 9.17) is 0 Å². The molecule has 0 saturated carbocycles. The molecule has 0 aliphatic heterocycles. The van der Waals surface area contributed by atoms with Crippen LogP contribution in [-0.2, 0) is 27.7 Å². The number of anilines is 1. The second kappa shape index (κ2) is 7.87. The minimum Gasteiger partial charge on any atom is -0.271 e. The Kier molecular flexibility index (Phi) is 5.26. The Morgan fingerprint density at radius 1 is 1.10 bits per heavy atom. The van der Waals surface area contributed by atoms with Gasteiger partial charge in [-0.1, -0.05) is 42.5 Å². The largest absolute Gasteiger partial charge is 0.271 e. The van der Waals surface area contributed by atoms with Crippen molar-refractivity contribution in [3.63, 3.8) is 0 Å². The second-order valence-corrected chi connectivity index (χ2v) is 9.07. The molecule has 1 aliphatic carbocycles. The van der Waals surface area contributed by atoms with Gasteiger partial charge in [-0.3, -0.25) is 9.10 Å². The molecule has 0 radical (unpaired) electrons. The Hall–Kier alpha value is -3.26. The van der Waals surface area contributed by atoms with Crippen LogP contribution < -0.4 is 9.73 Å². The number of carbonyl (C=O) groups is 1. The van der Waals surface area contributed by atoms with Gasteiger partial charge in [0.05, 0.1) is 18.2 Å². The third kappa shape index (κ3) is 3.91. The summed E-state index contributed by atoms with van der Waals surface area (Å²) in [7, 11) is -3.86. The van der Waals surface area contributed by atoms with Crippen LogP contribution in [0.2, 0.25) is 0 Å². The van der Waals surface area contributed by atoms with E-state index in [0.29, 0.717) is 4.31 Å². The molecule has 1 aliphatic rings. The molecule has 3 aromatic carbocycles. The van der Waals surface area contributed by atoms with E-state index in [1.165, 1.54) is 40.9 Å². The molecule has 1 N–H and O–H groups in total. The summed E-state index contributed by atoms with van der Waals surface area (Å²) in [5.41, 5.74) is 5.60. The summed E-state index contributed by atoms with van der Waals surface area (Å²) in [6.45, 7) is -0.582. The highest BCUT2D eigenvalue weighted by Crippen LogP contribution is 2.32. The zero-order valence-electron chi connectivity index (χ0n) is 16.3. The van der Waals surface area contributed by atoms with E-state index in [-0.39, 0.29) is 5.69 Å². The molecule has 0 spiro atoms. The number of hydrazone groups is 1. The van der Waals surface area contributed by atoms with Gasteiger partial charge in [-0.05, 0) is 46.9 Å². The van der Waals surface area contributed by atoms with Crippen molar-refractivity contribution in [2.75, 3.05) is 17.1 Å². The molecule has 154 valence electrons. The maximum Gasteiger partial charge on any atom is 0.260 e. The summed E-state index contributed by atoms with van der Waals surface area (Å²) in [6, 6.07) is 15.5. The molecule has 0 saturated heterocycles. The monoisotopic (exact) mass is 425 g/mol. The van der Waals surface area contributed by atoms with Crippen molar-refractivity contribution in [3.8, 4) is 0 Å². The fourth-order valence-corrected chi connectivity index (χ4v) is 4.61. The van der Waals surface area contributed by atoms with E-state index in [1.54, 1.807) is 0 Å². The van der Waals surface area contributed by atoms with Crippen LogP contribution in [-0.4, -0.2) is 33.3 Å². The summed E-state index contributed by atoms with van der Waals surface area (Å²) < 4.78 is 38.9. The Bertz CT molecular complexity index is 1260. The van der Waals surface area contributed by atoms with Crippen LogP contribution in [0, 0.1) is 5.82 Å². The molecule has 0 aromatic heterocycles. The number of amides is 1. The quantitative estimate of drug-likeness (QED) is 0.487. The average Bonchev–Trinajstić information content (AvgIpc) is 3.13. The second-order valence-electron chi connectivity index (χ2n) is 7.17. The molecule has 0 fully saturated rings. The molecule has 8 heteroatoms. The topological polar surface area (TPSA) is 78.8 Å². The van der Waals surface area contributed by atoms with E-state index in [9.17, 15) is 17.6 Å². The normalized spacial score (nSPS) is 13.1. The van der Waals surface area contributed by atoms with Gasteiger partial charge in [0.2, 0.25) is 10.0 Å². The van der Waals surface area contributed by atoms with Crippen LogP contribution in [0.5, 0.6) is 0 Å². The summed E-state index contributed by atoms with van der Waals surface area (Å²) in [4.78, 5) is 12.3. The van der Waals surface area contributed by atoms with E-state index >= 15 is 0 Å². The van der Waals surface area contributed by atoms with Gasteiger partial charge >= 0.3 is 0 Å². The highest BCUT2D eigenvalue weighted by Gasteiger charge is 2.23.